The third kappa shape index (κ3) is 5.29. The van der Waals surface area contributed by atoms with E-state index in [0.717, 1.165) is 29.9 Å². The van der Waals surface area contributed by atoms with Gasteiger partial charge in [-0.25, -0.2) is 0 Å². The molecule has 0 bridgehead atoms. The molecule has 0 spiro atoms. The number of fused-ring (bicyclic) bond motifs is 1. The number of rotatable bonds is 6. The van der Waals surface area contributed by atoms with Gasteiger partial charge < -0.3 is 15.3 Å². The first kappa shape index (κ1) is 23.8. The van der Waals surface area contributed by atoms with Crippen LogP contribution in [0.3, 0.4) is 0 Å². The minimum Gasteiger partial charge on any atom is -0.393 e. The molecular formula is C27H44O3. The molecule has 3 fully saturated rings. The molecule has 0 radical (unpaired) electrons. The molecule has 3 heteroatoms. The molecule has 3 saturated carbocycles. The largest absolute Gasteiger partial charge is 0.393 e. The lowest BCUT2D eigenvalue weighted by Gasteiger charge is -2.44. The molecular weight excluding hydrogens is 372 g/mol. The van der Waals surface area contributed by atoms with Crippen LogP contribution in [0.4, 0.5) is 0 Å². The zero-order valence-corrected chi connectivity index (χ0v) is 19.7. The Balaban J connectivity index is 1.70. The Morgan fingerprint density at radius 2 is 1.97 bits per heavy atom. The van der Waals surface area contributed by atoms with Crippen LogP contribution in [0, 0.1) is 23.2 Å². The van der Waals surface area contributed by atoms with Crippen molar-refractivity contribution in [1.82, 2.24) is 0 Å². The van der Waals surface area contributed by atoms with Gasteiger partial charge >= 0.3 is 0 Å². The molecule has 3 rings (SSSR count). The summed E-state index contributed by atoms with van der Waals surface area (Å²) >= 11 is 0. The zero-order valence-electron chi connectivity index (χ0n) is 19.7. The van der Waals surface area contributed by atoms with E-state index < -0.39 is 17.8 Å². The molecule has 0 aromatic heterocycles. The van der Waals surface area contributed by atoms with Crippen LogP contribution in [0.5, 0.6) is 0 Å². The fourth-order valence-corrected chi connectivity index (χ4v) is 6.74. The predicted molar refractivity (Wildman–Crippen MR) is 124 cm³/mol. The highest BCUT2D eigenvalue weighted by molar-refractivity contribution is 5.38. The van der Waals surface area contributed by atoms with E-state index >= 15 is 0 Å². The molecule has 6 atom stereocenters. The number of aliphatic hydroxyl groups excluding tert-OH is 2. The summed E-state index contributed by atoms with van der Waals surface area (Å²) < 4.78 is 0. The van der Waals surface area contributed by atoms with Gasteiger partial charge in [-0.05, 0) is 93.1 Å². The zero-order chi connectivity index (χ0) is 22.1. The number of aliphatic hydroxyl groups is 3. The van der Waals surface area contributed by atoms with Gasteiger partial charge in [-0.2, -0.15) is 0 Å². The Morgan fingerprint density at radius 3 is 2.67 bits per heavy atom. The van der Waals surface area contributed by atoms with Crippen molar-refractivity contribution >= 4 is 0 Å². The Morgan fingerprint density at radius 1 is 1.23 bits per heavy atom. The van der Waals surface area contributed by atoms with Crippen LogP contribution in [0.15, 0.2) is 35.5 Å². The van der Waals surface area contributed by atoms with Gasteiger partial charge in [0, 0.05) is 6.42 Å². The Bertz CT molecular complexity index is 683. The summed E-state index contributed by atoms with van der Waals surface area (Å²) in [4.78, 5) is 0. The van der Waals surface area contributed by atoms with Gasteiger partial charge in [-0.1, -0.05) is 51.0 Å². The second-order valence-electron chi connectivity index (χ2n) is 11.3. The maximum absolute atomic E-state index is 10.1. The molecule has 170 valence electrons. The van der Waals surface area contributed by atoms with E-state index in [1.165, 1.54) is 38.5 Å². The van der Waals surface area contributed by atoms with E-state index in [4.69, 9.17) is 0 Å². The summed E-state index contributed by atoms with van der Waals surface area (Å²) in [6.07, 6.45) is 13.9. The monoisotopic (exact) mass is 416 g/mol. The fourth-order valence-electron chi connectivity index (χ4n) is 6.74. The molecule has 0 heterocycles. The Labute approximate surface area is 184 Å². The minimum atomic E-state index is -0.615. The number of allylic oxidation sites excluding steroid dienone is 3. The highest BCUT2D eigenvalue weighted by Crippen LogP contribution is 2.60. The topological polar surface area (TPSA) is 60.7 Å². The third-order valence-electron chi connectivity index (χ3n) is 8.44. The van der Waals surface area contributed by atoms with Crippen molar-refractivity contribution in [3.8, 4) is 0 Å². The molecule has 4 unspecified atom stereocenters. The summed E-state index contributed by atoms with van der Waals surface area (Å²) in [5, 5.41) is 30.2. The molecule has 3 aliphatic carbocycles. The number of hydrogen-bond acceptors (Lipinski definition) is 3. The average molecular weight is 417 g/mol. The van der Waals surface area contributed by atoms with Crippen molar-refractivity contribution in [2.45, 2.75) is 110 Å². The highest BCUT2D eigenvalue weighted by Gasteiger charge is 2.50. The molecule has 30 heavy (non-hydrogen) atoms. The molecule has 0 aromatic rings. The second kappa shape index (κ2) is 9.30. The van der Waals surface area contributed by atoms with Crippen molar-refractivity contribution in [1.29, 1.82) is 0 Å². The van der Waals surface area contributed by atoms with Crippen molar-refractivity contribution in [3.63, 3.8) is 0 Å². The average Bonchev–Trinajstić information content (AvgIpc) is 3.00. The molecule has 0 amide bonds. The van der Waals surface area contributed by atoms with Crippen LogP contribution < -0.4 is 0 Å². The Hall–Kier alpha value is -0.900. The van der Waals surface area contributed by atoms with Crippen LogP contribution in [0.1, 0.15) is 91.9 Å². The van der Waals surface area contributed by atoms with Gasteiger partial charge in [0.25, 0.3) is 0 Å². The Kier molecular flexibility index (Phi) is 7.37. The van der Waals surface area contributed by atoms with Crippen molar-refractivity contribution in [3.05, 3.63) is 35.5 Å². The van der Waals surface area contributed by atoms with Crippen molar-refractivity contribution in [2.75, 3.05) is 0 Å². The second-order valence-corrected chi connectivity index (χ2v) is 11.3. The smallest absolute Gasteiger partial charge is 0.0811 e. The molecule has 3 aliphatic rings. The highest BCUT2D eigenvalue weighted by atomic mass is 16.3. The first-order valence-corrected chi connectivity index (χ1v) is 12.2. The number of hydrogen-bond donors (Lipinski definition) is 3. The van der Waals surface area contributed by atoms with E-state index in [1.54, 1.807) is 5.57 Å². The molecule has 3 N–H and O–H groups in total. The van der Waals surface area contributed by atoms with Gasteiger partial charge in [0.1, 0.15) is 0 Å². The quantitative estimate of drug-likeness (QED) is 0.520. The van der Waals surface area contributed by atoms with E-state index in [0.29, 0.717) is 30.1 Å². The van der Waals surface area contributed by atoms with E-state index in [9.17, 15) is 15.3 Å². The van der Waals surface area contributed by atoms with E-state index in [1.807, 2.05) is 13.8 Å². The van der Waals surface area contributed by atoms with Crippen LogP contribution in [0.25, 0.3) is 0 Å². The first-order chi connectivity index (χ1) is 14.0. The van der Waals surface area contributed by atoms with Gasteiger partial charge in [-0.15, -0.1) is 0 Å². The van der Waals surface area contributed by atoms with Crippen LogP contribution in [-0.2, 0) is 0 Å². The van der Waals surface area contributed by atoms with Crippen molar-refractivity contribution < 1.29 is 15.3 Å². The maximum Gasteiger partial charge on any atom is 0.0811 e. The van der Waals surface area contributed by atoms with Crippen molar-refractivity contribution in [2.24, 2.45) is 23.2 Å². The third-order valence-corrected chi connectivity index (χ3v) is 8.44. The summed E-state index contributed by atoms with van der Waals surface area (Å²) in [5.74, 6) is 2.11. The van der Waals surface area contributed by atoms with E-state index in [2.05, 4.69) is 32.6 Å². The summed E-state index contributed by atoms with van der Waals surface area (Å²) in [5.41, 5.74) is 3.17. The lowest BCUT2D eigenvalue weighted by Crippen LogP contribution is -2.36. The summed E-state index contributed by atoms with van der Waals surface area (Å²) in [7, 11) is 0. The fraction of sp³-hybridized carbons (Fsp3) is 0.778. The molecule has 0 aliphatic heterocycles. The van der Waals surface area contributed by atoms with Crippen LogP contribution in [0.2, 0.25) is 0 Å². The lowest BCUT2D eigenvalue weighted by molar-refractivity contribution is 0.0596. The summed E-state index contributed by atoms with van der Waals surface area (Å²) in [6.45, 7) is 12.8. The normalized spacial score (nSPS) is 38.8. The first-order valence-electron chi connectivity index (χ1n) is 12.2. The van der Waals surface area contributed by atoms with Crippen LogP contribution in [-0.4, -0.2) is 33.1 Å². The summed E-state index contributed by atoms with van der Waals surface area (Å²) in [6, 6.07) is 0. The maximum atomic E-state index is 10.1. The van der Waals surface area contributed by atoms with Crippen LogP contribution >= 0.6 is 0 Å². The van der Waals surface area contributed by atoms with Gasteiger partial charge in [-0.3, -0.25) is 0 Å². The van der Waals surface area contributed by atoms with E-state index in [-0.39, 0.29) is 0 Å². The molecule has 0 saturated heterocycles. The predicted octanol–water partition coefficient (Wildman–Crippen LogP) is 5.70. The SMILES string of the molecule is C=C1/C(=C\C=C2/CCC[C@@]3(C)C2CCC3[C@@H](C)CCCC(C)(C)O)CC(O)CC1O. The van der Waals surface area contributed by atoms with Gasteiger partial charge in [0.2, 0.25) is 0 Å². The van der Waals surface area contributed by atoms with Gasteiger partial charge in [0.05, 0.1) is 17.8 Å². The van der Waals surface area contributed by atoms with Gasteiger partial charge in [0.15, 0.2) is 0 Å². The minimum absolute atomic E-state index is 0.374. The molecule has 0 aromatic carbocycles. The molecule has 3 nitrogen and oxygen atoms in total. The standard InChI is InChI=1S/C27H44O3/c1-18(8-6-14-26(3,4)30)23-12-13-24-20(9-7-15-27(23,24)5)10-11-21-16-22(28)17-25(29)19(21)2/h10-11,18,22-25,28-30H,2,6-9,12-17H2,1,3-5H3/b20-10+,21-11-/t18-,22?,23?,24?,25?,27+/m0/s1. The lowest BCUT2D eigenvalue weighted by atomic mass is 9.60.